The van der Waals surface area contributed by atoms with Crippen LogP contribution in [-0.2, 0) is 0 Å². The van der Waals surface area contributed by atoms with E-state index in [0.717, 1.165) is 13.0 Å². The van der Waals surface area contributed by atoms with Crippen molar-refractivity contribution in [3.8, 4) is 0 Å². The standard InChI is InChI=1S/C11H14Cl2FN/c1-7(2)3-4-15-11-9(12)5-8(14)6-10(11)13/h5-7,15H,3-4H2,1-2H3. The van der Waals surface area contributed by atoms with Crippen molar-refractivity contribution in [2.24, 2.45) is 5.92 Å². The fourth-order valence-corrected chi connectivity index (χ4v) is 1.79. The Balaban J connectivity index is 2.68. The lowest BCUT2D eigenvalue weighted by atomic mass is 10.1. The highest BCUT2D eigenvalue weighted by Gasteiger charge is 2.07. The average Bonchev–Trinajstić information content (AvgIpc) is 2.08. The van der Waals surface area contributed by atoms with Crippen molar-refractivity contribution in [3.05, 3.63) is 28.0 Å². The van der Waals surface area contributed by atoms with Gasteiger partial charge in [-0.25, -0.2) is 4.39 Å². The summed E-state index contributed by atoms with van der Waals surface area (Å²) in [6.45, 7) is 5.05. The van der Waals surface area contributed by atoms with Gasteiger partial charge in [0.1, 0.15) is 5.82 Å². The van der Waals surface area contributed by atoms with Crippen molar-refractivity contribution in [1.82, 2.24) is 0 Å². The van der Waals surface area contributed by atoms with Gasteiger partial charge in [-0.3, -0.25) is 0 Å². The molecule has 1 rings (SSSR count). The van der Waals surface area contributed by atoms with Gasteiger partial charge >= 0.3 is 0 Å². The smallest absolute Gasteiger partial charge is 0.126 e. The van der Waals surface area contributed by atoms with Crippen LogP contribution in [0.3, 0.4) is 0 Å². The quantitative estimate of drug-likeness (QED) is 0.823. The van der Waals surface area contributed by atoms with Crippen LogP contribution in [0.25, 0.3) is 0 Å². The molecule has 1 aromatic rings. The van der Waals surface area contributed by atoms with Crippen molar-refractivity contribution >= 4 is 28.9 Å². The molecule has 0 radical (unpaired) electrons. The van der Waals surface area contributed by atoms with Gasteiger partial charge in [0.05, 0.1) is 15.7 Å². The summed E-state index contributed by atoms with van der Waals surface area (Å²) >= 11 is 11.7. The van der Waals surface area contributed by atoms with Crippen molar-refractivity contribution in [2.75, 3.05) is 11.9 Å². The molecule has 0 aliphatic carbocycles. The van der Waals surface area contributed by atoms with Crippen molar-refractivity contribution in [1.29, 1.82) is 0 Å². The molecule has 4 heteroatoms. The van der Waals surface area contributed by atoms with E-state index < -0.39 is 5.82 Å². The Labute approximate surface area is 99.6 Å². The highest BCUT2D eigenvalue weighted by molar-refractivity contribution is 6.39. The molecule has 15 heavy (non-hydrogen) atoms. The summed E-state index contributed by atoms with van der Waals surface area (Å²) in [4.78, 5) is 0. The van der Waals surface area contributed by atoms with Gasteiger partial charge in [-0.1, -0.05) is 37.0 Å². The molecule has 0 fully saturated rings. The zero-order valence-electron chi connectivity index (χ0n) is 8.78. The van der Waals surface area contributed by atoms with E-state index >= 15 is 0 Å². The third-order valence-corrected chi connectivity index (χ3v) is 2.63. The number of benzene rings is 1. The molecule has 0 saturated heterocycles. The van der Waals surface area contributed by atoms with Crippen LogP contribution in [-0.4, -0.2) is 6.54 Å². The first kappa shape index (κ1) is 12.6. The fourth-order valence-electron chi connectivity index (χ4n) is 1.20. The summed E-state index contributed by atoms with van der Waals surface area (Å²) in [6, 6.07) is 2.51. The molecular formula is C11H14Cl2FN. The van der Waals surface area contributed by atoms with Crippen LogP contribution in [0.5, 0.6) is 0 Å². The van der Waals surface area contributed by atoms with Gasteiger partial charge in [-0.2, -0.15) is 0 Å². The Kier molecular flexibility index (Phi) is 4.68. The predicted octanol–water partition coefficient (Wildman–Crippen LogP) is 4.59. The molecular weight excluding hydrogens is 236 g/mol. The third kappa shape index (κ3) is 3.88. The monoisotopic (exact) mass is 249 g/mol. The second-order valence-electron chi connectivity index (χ2n) is 3.85. The molecule has 0 spiro atoms. The van der Waals surface area contributed by atoms with Crippen LogP contribution in [0.4, 0.5) is 10.1 Å². The topological polar surface area (TPSA) is 12.0 Å². The molecule has 1 nitrogen and oxygen atoms in total. The lowest BCUT2D eigenvalue weighted by Crippen LogP contribution is -2.05. The summed E-state index contributed by atoms with van der Waals surface area (Å²) < 4.78 is 12.9. The van der Waals surface area contributed by atoms with Crippen LogP contribution in [0.2, 0.25) is 10.0 Å². The van der Waals surface area contributed by atoms with E-state index in [2.05, 4.69) is 19.2 Å². The molecule has 0 heterocycles. The molecule has 0 aromatic heterocycles. The minimum Gasteiger partial charge on any atom is -0.383 e. The molecule has 84 valence electrons. The maximum absolute atomic E-state index is 12.9. The summed E-state index contributed by atoms with van der Waals surface area (Å²) in [5, 5.41) is 3.76. The third-order valence-electron chi connectivity index (χ3n) is 2.03. The number of nitrogens with one attached hydrogen (secondary N) is 1. The predicted molar refractivity (Wildman–Crippen MR) is 64.4 cm³/mol. The lowest BCUT2D eigenvalue weighted by Gasteiger charge is -2.11. The van der Waals surface area contributed by atoms with E-state index in [-0.39, 0.29) is 0 Å². The van der Waals surface area contributed by atoms with Crippen LogP contribution in [0, 0.1) is 11.7 Å². The van der Waals surface area contributed by atoms with E-state index in [1.165, 1.54) is 12.1 Å². The highest BCUT2D eigenvalue weighted by atomic mass is 35.5. The Bertz CT molecular complexity index is 316. The van der Waals surface area contributed by atoms with Gasteiger partial charge in [0.15, 0.2) is 0 Å². The number of anilines is 1. The highest BCUT2D eigenvalue weighted by Crippen LogP contribution is 2.31. The Hall–Kier alpha value is -0.470. The minimum absolute atomic E-state index is 0.323. The second kappa shape index (κ2) is 5.57. The largest absolute Gasteiger partial charge is 0.383 e. The van der Waals surface area contributed by atoms with Gasteiger partial charge in [0, 0.05) is 6.54 Å². The summed E-state index contributed by atoms with van der Waals surface area (Å²) in [6.07, 6.45) is 1.02. The Morgan fingerprint density at radius 2 is 1.80 bits per heavy atom. The second-order valence-corrected chi connectivity index (χ2v) is 4.67. The van der Waals surface area contributed by atoms with Crippen molar-refractivity contribution in [2.45, 2.75) is 20.3 Å². The Morgan fingerprint density at radius 1 is 1.27 bits per heavy atom. The molecule has 0 aliphatic rings. The van der Waals surface area contributed by atoms with E-state index in [9.17, 15) is 4.39 Å². The maximum atomic E-state index is 12.9. The molecule has 1 N–H and O–H groups in total. The summed E-state index contributed by atoms with van der Waals surface area (Å²) in [7, 11) is 0. The molecule has 0 atom stereocenters. The first-order valence-corrected chi connectivity index (χ1v) is 5.64. The van der Waals surface area contributed by atoms with Crippen LogP contribution in [0.15, 0.2) is 12.1 Å². The number of hydrogen-bond acceptors (Lipinski definition) is 1. The molecule has 0 unspecified atom stereocenters. The van der Waals surface area contributed by atoms with Crippen molar-refractivity contribution in [3.63, 3.8) is 0 Å². The summed E-state index contributed by atoms with van der Waals surface area (Å²) in [5.74, 6) is 0.190. The zero-order chi connectivity index (χ0) is 11.4. The summed E-state index contributed by atoms with van der Waals surface area (Å²) in [5.41, 5.74) is 0.611. The Morgan fingerprint density at radius 3 is 2.27 bits per heavy atom. The number of rotatable bonds is 4. The van der Waals surface area contributed by atoms with E-state index in [1.54, 1.807) is 0 Å². The van der Waals surface area contributed by atoms with E-state index in [1.807, 2.05) is 0 Å². The molecule has 0 bridgehead atoms. The fraction of sp³-hybridized carbons (Fsp3) is 0.455. The lowest BCUT2D eigenvalue weighted by molar-refractivity contribution is 0.607. The van der Waals surface area contributed by atoms with Crippen molar-refractivity contribution < 1.29 is 4.39 Å². The van der Waals surface area contributed by atoms with Gasteiger partial charge in [0.2, 0.25) is 0 Å². The maximum Gasteiger partial charge on any atom is 0.126 e. The molecule has 0 saturated carbocycles. The van der Waals surface area contributed by atoms with Crippen LogP contribution in [0.1, 0.15) is 20.3 Å². The van der Waals surface area contributed by atoms with E-state index in [4.69, 9.17) is 23.2 Å². The van der Waals surface area contributed by atoms with E-state index in [0.29, 0.717) is 21.7 Å². The molecule has 0 aliphatic heterocycles. The van der Waals surface area contributed by atoms with Gasteiger partial charge in [-0.15, -0.1) is 0 Å². The average molecular weight is 250 g/mol. The minimum atomic E-state index is -0.417. The van der Waals surface area contributed by atoms with Gasteiger partial charge in [-0.05, 0) is 24.5 Å². The van der Waals surface area contributed by atoms with Gasteiger partial charge < -0.3 is 5.32 Å². The van der Waals surface area contributed by atoms with Gasteiger partial charge in [0.25, 0.3) is 0 Å². The first-order valence-electron chi connectivity index (χ1n) is 4.89. The molecule has 0 amide bonds. The van der Waals surface area contributed by atoms with Crippen LogP contribution >= 0.6 is 23.2 Å². The number of halogens is 3. The van der Waals surface area contributed by atoms with Crippen LogP contribution < -0.4 is 5.32 Å². The zero-order valence-corrected chi connectivity index (χ0v) is 10.3. The number of hydrogen-bond donors (Lipinski definition) is 1. The first-order chi connectivity index (χ1) is 7.00. The molecule has 1 aromatic carbocycles. The SMILES string of the molecule is CC(C)CCNc1c(Cl)cc(F)cc1Cl. The normalized spacial score (nSPS) is 10.8.